The Morgan fingerprint density at radius 2 is 1.81 bits per heavy atom. The van der Waals surface area contributed by atoms with Gasteiger partial charge in [-0.25, -0.2) is 8.42 Å². The van der Waals surface area contributed by atoms with Crippen LogP contribution in [0.2, 0.25) is 0 Å². The molecule has 0 unspecified atom stereocenters. The highest BCUT2D eigenvalue weighted by molar-refractivity contribution is 7.90. The van der Waals surface area contributed by atoms with E-state index in [2.05, 4.69) is 10.3 Å². The molecule has 1 N–H and O–H groups in total. The van der Waals surface area contributed by atoms with Crippen LogP contribution in [0.4, 0.5) is 11.4 Å². The zero-order valence-electron chi connectivity index (χ0n) is 14.5. The molecular weight excluding hydrogens is 366 g/mol. The van der Waals surface area contributed by atoms with Gasteiger partial charge in [-0.05, 0) is 34.9 Å². The van der Waals surface area contributed by atoms with Crippen molar-refractivity contribution in [2.24, 2.45) is 0 Å². The average molecular weight is 383 g/mol. The lowest BCUT2D eigenvalue weighted by Crippen LogP contribution is -2.05. The number of benzene rings is 2. The Morgan fingerprint density at radius 1 is 1.07 bits per heavy atom. The first-order valence-electron chi connectivity index (χ1n) is 8.06. The van der Waals surface area contributed by atoms with E-state index in [9.17, 15) is 18.5 Å². The molecule has 2 aromatic carbocycles. The highest BCUT2D eigenvalue weighted by Crippen LogP contribution is 2.28. The van der Waals surface area contributed by atoms with Gasteiger partial charge in [0.05, 0.1) is 9.82 Å². The minimum absolute atomic E-state index is 0.0828. The average Bonchev–Trinajstić information content (AvgIpc) is 2.66. The quantitative estimate of drug-likeness (QED) is 0.515. The molecule has 0 bridgehead atoms. The van der Waals surface area contributed by atoms with Crippen molar-refractivity contribution >= 4 is 21.2 Å². The van der Waals surface area contributed by atoms with Gasteiger partial charge in [0.1, 0.15) is 5.69 Å². The summed E-state index contributed by atoms with van der Waals surface area (Å²) in [7, 11) is -3.51. The second kappa shape index (κ2) is 7.55. The number of hydrogen-bond acceptors (Lipinski definition) is 6. The summed E-state index contributed by atoms with van der Waals surface area (Å²) in [6.45, 7) is 0.367. The molecule has 0 saturated heterocycles. The molecular formula is C19H17N3O4S. The van der Waals surface area contributed by atoms with E-state index in [1.807, 2.05) is 36.4 Å². The first kappa shape index (κ1) is 18.5. The van der Waals surface area contributed by atoms with E-state index < -0.39 is 14.8 Å². The maximum atomic E-state index is 11.6. The summed E-state index contributed by atoms with van der Waals surface area (Å²) in [6.07, 6.45) is 4.51. The molecule has 1 heterocycles. The molecule has 0 saturated carbocycles. The highest BCUT2D eigenvalue weighted by Gasteiger charge is 2.18. The number of rotatable bonds is 6. The fourth-order valence-electron chi connectivity index (χ4n) is 2.59. The molecule has 0 amide bonds. The highest BCUT2D eigenvalue weighted by atomic mass is 32.2. The normalized spacial score (nSPS) is 11.1. The summed E-state index contributed by atoms with van der Waals surface area (Å²) in [4.78, 5) is 14.7. The van der Waals surface area contributed by atoms with Crippen LogP contribution >= 0.6 is 0 Å². The van der Waals surface area contributed by atoms with Crippen molar-refractivity contribution in [3.8, 4) is 11.1 Å². The molecule has 0 spiro atoms. The van der Waals surface area contributed by atoms with Crippen molar-refractivity contribution in [1.29, 1.82) is 0 Å². The predicted octanol–water partition coefficient (Wildman–Crippen LogP) is 3.67. The second-order valence-electron chi connectivity index (χ2n) is 6.00. The third-order valence-electron chi connectivity index (χ3n) is 4.03. The molecule has 3 rings (SSSR count). The Bertz CT molecular complexity index is 1070. The van der Waals surface area contributed by atoms with Gasteiger partial charge < -0.3 is 5.32 Å². The van der Waals surface area contributed by atoms with Crippen molar-refractivity contribution in [3.05, 3.63) is 82.7 Å². The molecule has 7 nitrogen and oxygen atoms in total. The van der Waals surface area contributed by atoms with Crippen molar-refractivity contribution in [1.82, 2.24) is 4.98 Å². The molecule has 0 aliphatic rings. The lowest BCUT2D eigenvalue weighted by atomic mass is 10.1. The minimum Gasteiger partial charge on any atom is -0.375 e. The number of aromatic nitrogens is 1. The molecule has 1 aromatic heterocycles. The Hall–Kier alpha value is -3.26. The van der Waals surface area contributed by atoms with E-state index in [0.717, 1.165) is 29.0 Å². The molecule has 3 aromatic rings. The Balaban J connectivity index is 1.77. The minimum atomic E-state index is -3.51. The van der Waals surface area contributed by atoms with Crippen LogP contribution in [0.25, 0.3) is 11.1 Å². The first-order valence-corrected chi connectivity index (χ1v) is 9.95. The van der Waals surface area contributed by atoms with E-state index >= 15 is 0 Å². The Morgan fingerprint density at radius 3 is 2.41 bits per heavy atom. The van der Waals surface area contributed by atoms with Crippen LogP contribution in [0.1, 0.15) is 5.56 Å². The van der Waals surface area contributed by atoms with E-state index in [4.69, 9.17) is 0 Å². The fourth-order valence-corrected chi connectivity index (χ4v) is 3.23. The van der Waals surface area contributed by atoms with E-state index in [0.29, 0.717) is 6.54 Å². The topological polar surface area (TPSA) is 102 Å². The summed E-state index contributed by atoms with van der Waals surface area (Å²) < 4.78 is 23.2. The summed E-state index contributed by atoms with van der Waals surface area (Å²) in [6, 6.07) is 15.4. The van der Waals surface area contributed by atoms with E-state index in [1.165, 1.54) is 12.1 Å². The van der Waals surface area contributed by atoms with Gasteiger partial charge in [-0.3, -0.25) is 15.1 Å². The first-order chi connectivity index (χ1) is 12.8. The Kier molecular flexibility index (Phi) is 5.18. The number of nitro benzene ring substituents is 1. The van der Waals surface area contributed by atoms with Gasteiger partial charge in [0.2, 0.25) is 0 Å². The zero-order chi connectivity index (χ0) is 19.4. The van der Waals surface area contributed by atoms with Crippen LogP contribution in [0.15, 0.2) is 71.9 Å². The molecule has 0 radical (unpaired) electrons. The van der Waals surface area contributed by atoms with Gasteiger partial charge in [-0.2, -0.15) is 0 Å². The zero-order valence-corrected chi connectivity index (χ0v) is 15.3. The number of hydrogen-bond donors (Lipinski definition) is 1. The Labute approximate surface area is 156 Å². The standard InChI is InChI=1S/C19H17N3O4S/c1-27(25,26)17-8-9-18(19(11-17)22(23)24)21-12-14-4-6-15(7-5-14)16-3-2-10-20-13-16/h2-11,13,21H,12H2,1H3. The van der Waals surface area contributed by atoms with Crippen LogP contribution in [0.5, 0.6) is 0 Å². The lowest BCUT2D eigenvalue weighted by Gasteiger charge is -2.09. The monoisotopic (exact) mass is 383 g/mol. The van der Waals surface area contributed by atoms with E-state index in [-0.39, 0.29) is 16.3 Å². The van der Waals surface area contributed by atoms with Gasteiger partial charge in [0, 0.05) is 31.3 Å². The van der Waals surface area contributed by atoms with Gasteiger partial charge in [-0.1, -0.05) is 30.3 Å². The maximum Gasteiger partial charge on any atom is 0.293 e. The molecule has 138 valence electrons. The van der Waals surface area contributed by atoms with Crippen molar-refractivity contribution in [2.75, 3.05) is 11.6 Å². The predicted molar refractivity (Wildman–Crippen MR) is 103 cm³/mol. The molecule has 0 atom stereocenters. The maximum absolute atomic E-state index is 11.6. The summed E-state index contributed by atoms with van der Waals surface area (Å²) in [5.41, 5.74) is 2.96. The third-order valence-corrected chi connectivity index (χ3v) is 5.14. The van der Waals surface area contributed by atoms with Gasteiger partial charge >= 0.3 is 0 Å². The lowest BCUT2D eigenvalue weighted by molar-refractivity contribution is -0.384. The number of nitrogens with zero attached hydrogens (tertiary/aromatic N) is 2. The number of pyridine rings is 1. The molecule has 0 aliphatic carbocycles. The van der Waals surface area contributed by atoms with Gasteiger partial charge in [-0.15, -0.1) is 0 Å². The van der Waals surface area contributed by atoms with Gasteiger partial charge in [0.15, 0.2) is 9.84 Å². The van der Waals surface area contributed by atoms with Crippen molar-refractivity contribution in [2.45, 2.75) is 11.4 Å². The summed E-state index contributed by atoms with van der Waals surface area (Å²) >= 11 is 0. The molecule has 0 aliphatic heterocycles. The molecule has 8 heteroatoms. The third kappa shape index (κ3) is 4.48. The SMILES string of the molecule is CS(=O)(=O)c1ccc(NCc2ccc(-c3cccnc3)cc2)c([N+](=O)[O-])c1. The van der Waals surface area contributed by atoms with Crippen LogP contribution < -0.4 is 5.32 Å². The van der Waals surface area contributed by atoms with Crippen LogP contribution in [-0.2, 0) is 16.4 Å². The van der Waals surface area contributed by atoms with Crippen LogP contribution in [-0.4, -0.2) is 24.6 Å². The van der Waals surface area contributed by atoms with Gasteiger partial charge in [0.25, 0.3) is 5.69 Å². The smallest absolute Gasteiger partial charge is 0.293 e. The summed E-state index contributed by atoms with van der Waals surface area (Å²) in [5.74, 6) is 0. The molecule has 27 heavy (non-hydrogen) atoms. The molecule has 0 fully saturated rings. The fraction of sp³-hybridized carbons (Fsp3) is 0.105. The van der Waals surface area contributed by atoms with Crippen molar-refractivity contribution < 1.29 is 13.3 Å². The van der Waals surface area contributed by atoms with Crippen LogP contribution in [0, 0.1) is 10.1 Å². The number of nitro groups is 1. The number of nitrogens with one attached hydrogen (secondary N) is 1. The van der Waals surface area contributed by atoms with E-state index in [1.54, 1.807) is 12.4 Å². The van der Waals surface area contributed by atoms with Crippen LogP contribution in [0.3, 0.4) is 0 Å². The van der Waals surface area contributed by atoms with Crippen molar-refractivity contribution in [3.63, 3.8) is 0 Å². The number of anilines is 1. The largest absolute Gasteiger partial charge is 0.375 e. The second-order valence-corrected chi connectivity index (χ2v) is 8.02. The number of sulfone groups is 1. The summed E-state index contributed by atoms with van der Waals surface area (Å²) in [5, 5.41) is 14.3.